The average Bonchev–Trinajstić information content (AvgIpc) is 2.72. The van der Waals surface area contributed by atoms with Gasteiger partial charge in [-0.05, 0) is 30.8 Å². The molecular weight excluding hydrogens is 314 g/mol. The van der Waals surface area contributed by atoms with Crippen LogP contribution in [0.25, 0.3) is 0 Å². The fourth-order valence-electron chi connectivity index (χ4n) is 3.67. The van der Waals surface area contributed by atoms with Crippen LogP contribution in [0.3, 0.4) is 0 Å². The van der Waals surface area contributed by atoms with Crippen molar-refractivity contribution in [2.75, 3.05) is 26.8 Å². The molecule has 0 radical (unpaired) electrons. The van der Waals surface area contributed by atoms with Crippen LogP contribution >= 0.6 is 0 Å². The average molecular weight is 356 g/mol. The van der Waals surface area contributed by atoms with Crippen molar-refractivity contribution in [3.05, 3.63) is 11.3 Å². The summed E-state index contributed by atoms with van der Waals surface area (Å²) in [6.45, 7) is 23.2. The van der Waals surface area contributed by atoms with Gasteiger partial charge in [0, 0.05) is 27.8 Å². The molecule has 1 aliphatic heterocycles. The first-order chi connectivity index (χ1) is 10.3. The maximum absolute atomic E-state index is 5.45. The van der Waals surface area contributed by atoms with Crippen LogP contribution in [0.15, 0.2) is 11.3 Å². The minimum Gasteiger partial charge on any atom is -0.383 e. The predicted molar refractivity (Wildman–Crippen MR) is 110 cm³/mol. The zero-order valence-corrected chi connectivity index (χ0v) is 19.3. The summed E-state index contributed by atoms with van der Waals surface area (Å²) in [6, 6.07) is 1.96. The number of hydrogen-bond acceptors (Lipinski definition) is 2. The molecule has 1 atom stereocenters. The van der Waals surface area contributed by atoms with Gasteiger partial charge in [-0.2, -0.15) is 0 Å². The molecule has 1 rings (SSSR count). The zero-order chi connectivity index (χ0) is 17.9. The molecule has 2 nitrogen and oxygen atoms in total. The van der Waals surface area contributed by atoms with E-state index in [1.165, 1.54) is 32.0 Å². The summed E-state index contributed by atoms with van der Waals surface area (Å²) in [4.78, 5) is 2.69. The van der Waals surface area contributed by atoms with Gasteiger partial charge in [0.1, 0.15) is 0 Å². The Hall–Kier alpha value is 0.0938. The molecule has 0 aliphatic carbocycles. The van der Waals surface area contributed by atoms with Gasteiger partial charge in [-0.1, -0.05) is 64.4 Å². The predicted octanol–water partition coefficient (Wildman–Crippen LogP) is 5.27. The van der Waals surface area contributed by atoms with Gasteiger partial charge in [0.25, 0.3) is 0 Å². The third-order valence-corrected chi connectivity index (χ3v) is 7.31. The SMILES string of the molecule is COCC1CCCN1CC(C)(C)/C(=C\[Si](C)(C)C)C[Si](C)(C)C. The molecule has 0 aromatic heterocycles. The molecule has 1 heterocycles. The number of nitrogens with zero attached hydrogens (tertiary/aromatic N) is 1. The highest BCUT2D eigenvalue weighted by atomic mass is 28.3. The van der Waals surface area contributed by atoms with Crippen LogP contribution in [0.4, 0.5) is 0 Å². The van der Waals surface area contributed by atoms with Crippen molar-refractivity contribution < 1.29 is 4.74 Å². The van der Waals surface area contributed by atoms with Gasteiger partial charge in [-0.25, -0.2) is 0 Å². The first kappa shape index (κ1) is 21.1. The van der Waals surface area contributed by atoms with Gasteiger partial charge in [0.15, 0.2) is 0 Å². The summed E-state index contributed by atoms with van der Waals surface area (Å²) < 4.78 is 5.45. The summed E-state index contributed by atoms with van der Waals surface area (Å²) >= 11 is 0. The van der Waals surface area contributed by atoms with Crippen LogP contribution in [-0.4, -0.2) is 53.9 Å². The van der Waals surface area contributed by atoms with Gasteiger partial charge < -0.3 is 4.74 Å². The molecule has 1 saturated heterocycles. The third kappa shape index (κ3) is 7.67. The van der Waals surface area contributed by atoms with E-state index in [0.717, 1.165) is 6.61 Å². The first-order valence-electron chi connectivity index (χ1n) is 9.29. The second-order valence-corrected chi connectivity index (χ2v) is 20.9. The topological polar surface area (TPSA) is 12.5 Å². The van der Waals surface area contributed by atoms with Crippen LogP contribution in [0.2, 0.25) is 45.3 Å². The standard InChI is InChI=1S/C19H41NOSi2/c1-19(2,16-20-12-10-11-18(20)13-21-3)17(14-22(4,5)6)15-23(7,8)9/h14,18H,10-13,15-16H2,1-9H3/b17-14-. The van der Waals surface area contributed by atoms with Crippen molar-refractivity contribution >= 4 is 16.1 Å². The summed E-state index contributed by atoms with van der Waals surface area (Å²) in [5.74, 6) is 0. The molecule has 1 unspecified atom stereocenters. The molecule has 1 fully saturated rings. The normalized spacial score (nSPS) is 22.0. The molecule has 0 spiro atoms. The van der Waals surface area contributed by atoms with E-state index in [2.05, 4.69) is 63.7 Å². The molecule has 0 amide bonds. The van der Waals surface area contributed by atoms with Crippen LogP contribution in [0.1, 0.15) is 26.7 Å². The van der Waals surface area contributed by atoms with E-state index in [0.29, 0.717) is 6.04 Å². The molecule has 0 aromatic rings. The molecule has 1 aliphatic rings. The molecule has 0 aromatic carbocycles. The Kier molecular flexibility index (Phi) is 7.34. The number of hydrogen-bond donors (Lipinski definition) is 0. The number of methoxy groups -OCH3 is 1. The van der Waals surface area contributed by atoms with Crippen molar-refractivity contribution in [1.29, 1.82) is 0 Å². The Balaban J connectivity index is 2.96. The lowest BCUT2D eigenvalue weighted by molar-refractivity contribution is 0.0975. The Morgan fingerprint density at radius 2 is 1.78 bits per heavy atom. The first-order valence-corrected chi connectivity index (χ1v) is 16.6. The number of rotatable bonds is 8. The van der Waals surface area contributed by atoms with Crippen molar-refractivity contribution in [3.63, 3.8) is 0 Å². The van der Waals surface area contributed by atoms with E-state index in [4.69, 9.17) is 4.74 Å². The smallest absolute Gasteiger partial charge is 0.0686 e. The van der Waals surface area contributed by atoms with E-state index in [1.54, 1.807) is 5.57 Å². The maximum Gasteiger partial charge on any atom is 0.0686 e. The highest BCUT2D eigenvalue weighted by Crippen LogP contribution is 2.36. The Labute approximate surface area is 147 Å². The summed E-state index contributed by atoms with van der Waals surface area (Å²) in [5.41, 5.74) is 4.71. The number of ether oxygens (including phenoxy) is 1. The number of likely N-dealkylation sites (tertiary alicyclic amines) is 1. The highest BCUT2D eigenvalue weighted by molar-refractivity contribution is 6.81. The van der Waals surface area contributed by atoms with E-state index in [1.807, 2.05) is 7.11 Å². The summed E-state index contributed by atoms with van der Waals surface area (Å²) in [5, 5.41) is 0. The fourth-order valence-corrected chi connectivity index (χ4v) is 7.14. The molecule has 0 N–H and O–H groups in total. The molecule has 0 bridgehead atoms. The molecular formula is C19H41NOSi2. The van der Waals surface area contributed by atoms with Gasteiger partial charge >= 0.3 is 0 Å². The van der Waals surface area contributed by atoms with Crippen molar-refractivity contribution in [1.82, 2.24) is 4.90 Å². The zero-order valence-electron chi connectivity index (χ0n) is 17.3. The van der Waals surface area contributed by atoms with Gasteiger partial charge in [0.2, 0.25) is 0 Å². The molecule has 23 heavy (non-hydrogen) atoms. The second-order valence-electron chi connectivity index (χ2n) is 10.4. The fraction of sp³-hybridized carbons (Fsp3) is 0.895. The van der Waals surface area contributed by atoms with E-state index >= 15 is 0 Å². The summed E-state index contributed by atoms with van der Waals surface area (Å²) in [7, 11) is -0.471. The lowest BCUT2D eigenvalue weighted by Crippen LogP contribution is -2.42. The lowest BCUT2D eigenvalue weighted by atomic mass is 9.85. The van der Waals surface area contributed by atoms with Crippen molar-refractivity contribution in [3.8, 4) is 0 Å². The largest absolute Gasteiger partial charge is 0.383 e. The van der Waals surface area contributed by atoms with E-state index in [-0.39, 0.29) is 5.41 Å². The van der Waals surface area contributed by atoms with Crippen LogP contribution in [-0.2, 0) is 4.74 Å². The van der Waals surface area contributed by atoms with E-state index in [9.17, 15) is 0 Å². The molecule has 136 valence electrons. The molecule has 4 heteroatoms. The van der Waals surface area contributed by atoms with Gasteiger partial charge in [-0.15, -0.1) is 0 Å². The van der Waals surface area contributed by atoms with Crippen molar-refractivity contribution in [2.45, 2.75) is 78.1 Å². The highest BCUT2D eigenvalue weighted by Gasteiger charge is 2.34. The maximum atomic E-state index is 5.45. The van der Waals surface area contributed by atoms with E-state index < -0.39 is 16.1 Å². The van der Waals surface area contributed by atoms with Crippen LogP contribution < -0.4 is 0 Å². The lowest BCUT2D eigenvalue weighted by Gasteiger charge is -2.38. The molecule has 0 saturated carbocycles. The Morgan fingerprint density at radius 3 is 2.26 bits per heavy atom. The van der Waals surface area contributed by atoms with Gasteiger partial charge in [0.05, 0.1) is 14.7 Å². The quantitative estimate of drug-likeness (QED) is 0.550. The third-order valence-electron chi connectivity index (χ3n) is 4.65. The Bertz CT molecular complexity index is 405. The van der Waals surface area contributed by atoms with Crippen molar-refractivity contribution in [2.24, 2.45) is 5.41 Å². The second kappa shape index (κ2) is 7.98. The Morgan fingerprint density at radius 1 is 1.17 bits per heavy atom. The van der Waals surface area contributed by atoms with Crippen LogP contribution in [0, 0.1) is 5.41 Å². The minimum atomic E-state index is -1.20. The van der Waals surface area contributed by atoms with Crippen LogP contribution in [0.5, 0.6) is 0 Å². The summed E-state index contributed by atoms with van der Waals surface area (Å²) in [6.07, 6.45) is 2.62. The minimum absolute atomic E-state index is 0.275. The van der Waals surface area contributed by atoms with Gasteiger partial charge in [-0.3, -0.25) is 4.90 Å². The monoisotopic (exact) mass is 355 g/mol.